The van der Waals surface area contributed by atoms with Gasteiger partial charge in [0.1, 0.15) is 11.6 Å². The lowest BCUT2D eigenvalue weighted by Crippen LogP contribution is -2.48. The first-order valence-electron chi connectivity index (χ1n) is 11.7. The van der Waals surface area contributed by atoms with Crippen LogP contribution >= 0.6 is 0 Å². The Bertz CT molecular complexity index is 1180. The molecular weight excluding hydrogens is 418 g/mol. The van der Waals surface area contributed by atoms with Gasteiger partial charge in [0, 0.05) is 39.3 Å². The highest BCUT2D eigenvalue weighted by molar-refractivity contribution is 5.84. The molecule has 0 spiro atoms. The van der Waals surface area contributed by atoms with Crippen LogP contribution in [0.4, 0.5) is 0 Å². The predicted molar refractivity (Wildman–Crippen MR) is 129 cm³/mol. The van der Waals surface area contributed by atoms with Crippen molar-refractivity contribution in [1.82, 2.24) is 34.7 Å². The zero-order valence-electron chi connectivity index (χ0n) is 19.9. The fourth-order valence-corrected chi connectivity index (χ4v) is 4.39. The molecule has 1 fully saturated rings. The number of fused-ring (bicyclic) bond motifs is 1. The van der Waals surface area contributed by atoms with Crippen molar-refractivity contribution < 1.29 is 4.79 Å². The number of aromatic nitrogens is 4. The van der Waals surface area contributed by atoms with Gasteiger partial charge in [-0.2, -0.15) is 10.2 Å². The van der Waals surface area contributed by atoms with Gasteiger partial charge in [0.25, 0.3) is 5.56 Å². The highest BCUT2D eigenvalue weighted by atomic mass is 16.2. The summed E-state index contributed by atoms with van der Waals surface area (Å²) in [6.07, 6.45) is 0. The zero-order chi connectivity index (χ0) is 23.5. The second-order valence-electron chi connectivity index (χ2n) is 8.63. The molecule has 1 aliphatic heterocycles. The van der Waals surface area contributed by atoms with Crippen LogP contribution in [0.15, 0.2) is 35.1 Å². The van der Waals surface area contributed by atoms with Crippen molar-refractivity contribution in [3.8, 4) is 5.69 Å². The normalized spacial score (nSPS) is 16.2. The SMILES string of the molecule is CCN1CCN(CCNC(=O)[C@H](C)n2nc(C)c3nn(-c4ccccc4)c(C)c3c2=O)CC1. The van der Waals surface area contributed by atoms with Gasteiger partial charge in [-0.1, -0.05) is 25.1 Å². The number of nitrogens with one attached hydrogen (secondary N) is 1. The van der Waals surface area contributed by atoms with E-state index >= 15 is 0 Å². The highest BCUT2D eigenvalue weighted by Gasteiger charge is 2.23. The Balaban J connectivity index is 1.49. The summed E-state index contributed by atoms with van der Waals surface area (Å²) in [5.41, 5.74) is 2.50. The van der Waals surface area contributed by atoms with Gasteiger partial charge in [0.15, 0.2) is 0 Å². The van der Waals surface area contributed by atoms with Gasteiger partial charge in [-0.3, -0.25) is 14.5 Å². The van der Waals surface area contributed by atoms with Gasteiger partial charge in [0.05, 0.1) is 22.5 Å². The summed E-state index contributed by atoms with van der Waals surface area (Å²) < 4.78 is 3.05. The smallest absolute Gasteiger partial charge is 0.278 e. The molecule has 1 N–H and O–H groups in total. The second-order valence-corrected chi connectivity index (χ2v) is 8.63. The number of amides is 1. The first-order valence-corrected chi connectivity index (χ1v) is 11.7. The number of likely N-dealkylation sites (N-methyl/N-ethyl adjacent to an activating group) is 1. The lowest BCUT2D eigenvalue weighted by molar-refractivity contribution is -0.124. The molecule has 3 aromatic rings. The minimum Gasteiger partial charge on any atom is -0.353 e. The van der Waals surface area contributed by atoms with E-state index in [4.69, 9.17) is 0 Å². The molecule has 0 unspecified atom stereocenters. The first-order chi connectivity index (χ1) is 15.9. The summed E-state index contributed by atoms with van der Waals surface area (Å²) in [6, 6.07) is 8.97. The minimum absolute atomic E-state index is 0.205. The quantitative estimate of drug-likeness (QED) is 0.586. The molecule has 0 bridgehead atoms. The molecule has 1 aromatic carbocycles. The molecule has 4 rings (SSSR count). The van der Waals surface area contributed by atoms with Crippen LogP contribution in [-0.2, 0) is 4.79 Å². The molecule has 176 valence electrons. The Labute approximate surface area is 194 Å². The fourth-order valence-electron chi connectivity index (χ4n) is 4.39. The molecular formula is C24H33N7O2. The minimum atomic E-state index is -0.711. The summed E-state index contributed by atoms with van der Waals surface area (Å²) in [5, 5.41) is 12.5. The molecule has 1 aliphatic rings. The summed E-state index contributed by atoms with van der Waals surface area (Å²) in [6.45, 7) is 14.2. The molecule has 3 heterocycles. The number of rotatable bonds is 7. The van der Waals surface area contributed by atoms with E-state index in [1.54, 1.807) is 11.6 Å². The first kappa shape index (κ1) is 23.1. The number of carbonyl (C=O) groups excluding carboxylic acids is 1. The van der Waals surface area contributed by atoms with Crippen molar-refractivity contribution in [1.29, 1.82) is 0 Å². The molecule has 33 heavy (non-hydrogen) atoms. The van der Waals surface area contributed by atoms with E-state index in [0.29, 0.717) is 23.1 Å². The van der Waals surface area contributed by atoms with Gasteiger partial charge in [0.2, 0.25) is 5.91 Å². The number of hydrogen-bond acceptors (Lipinski definition) is 6. The maximum absolute atomic E-state index is 13.3. The van der Waals surface area contributed by atoms with Crippen LogP contribution in [0.5, 0.6) is 0 Å². The Hall–Kier alpha value is -3.04. The number of benzene rings is 1. The summed E-state index contributed by atoms with van der Waals surface area (Å²) in [4.78, 5) is 30.9. The average Bonchev–Trinajstić information content (AvgIpc) is 3.20. The van der Waals surface area contributed by atoms with Crippen molar-refractivity contribution in [3.05, 3.63) is 52.1 Å². The molecule has 0 saturated carbocycles. The molecule has 1 amide bonds. The monoisotopic (exact) mass is 451 g/mol. The summed E-state index contributed by atoms with van der Waals surface area (Å²) >= 11 is 0. The number of nitrogens with zero attached hydrogens (tertiary/aromatic N) is 6. The Morgan fingerprint density at radius 1 is 1.06 bits per heavy atom. The van der Waals surface area contributed by atoms with Crippen LogP contribution in [0.1, 0.15) is 31.3 Å². The fraction of sp³-hybridized carbons (Fsp3) is 0.500. The van der Waals surface area contributed by atoms with Crippen LogP contribution in [0.3, 0.4) is 0 Å². The van der Waals surface area contributed by atoms with E-state index in [-0.39, 0.29) is 11.5 Å². The topological polar surface area (TPSA) is 88.3 Å². The van der Waals surface area contributed by atoms with Crippen LogP contribution in [0.25, 0.3) is 16.6 Å². The number of aryl methyl sites for hydroxylation is 2. The number of carbonyl (C=O) groups is 1. The molecule has 2 aromatic heterocycles. The lowest BCUT2D eigenvalue weighted by atomic mass is 10.2. The van der Waals surface area contributed by atoms with Crippen molar-refractivity contribution >= 4 is 16.8 Å². The van der Waals surface area contributed by atoms with E-state index in [1.807, 2.05) is 44.2 Å². The Kier molecular flexibility index (Phi) is 6.90. The van der Waals surface area contributed by atoms with E-state index < -0.39 is 6.04 Å². The zero-order valence-corrected chi connectivity index (χ0v) is 19.9. The molecule has 9 heteroatoms. The van der Waals surface area contributed by atoms with Crippen molar-refractivity contribution in [2.24, 2.45) is 0 Å². The van der Waals surface area contributed by atoms with Crippen molar-refractivity contribution in [3.63, 3.8) is 0 Å². The van der Waals surface area contributed by atoms with Crippen LogP contribution < -0.4 is 10.9 Å². The molecule has 9 nitrogen and oxygen atoms in total. The largest absolute Gasteiger partial charge is 0.353 e. The number of hydrogen-bond donors (Lipinski definition) is 1. The second kappa shape index (κ2) is 9.84. The average molecular weight is 452 g/mol. The third kappa shape index (κ3) is 4.69. The van der Waals surface area contributed by atoms with Gasteiger partial charge in [-0.15, -0.1) is 0 Å². The molecule has 0 aliphatic carbocycles. The van der Waals surface area contributed by atoms with Gasteiger partial charge in [-0.05, 0) is 39.4 Å². The molecule has 1 saturated heterocycles. The maximum Gasteiger partial charge on any atom is 0.278 e. The van der Waals surface area contributed by atoms with Gasteiger partial charge < -0.3 is 10.2 Å². The summed E-state index contributed by atoms with van der Waals surface area (Å²) in [7, 11) is 0. The predicted octanol–water partition coefficient (Wildman–Crippen LogP) is 1.51. The lowest BCUT2D eigenvalue weighted by Gasteiger charge is -2.34. The number of piperazine rings is 1. The third-order valence-electron chi connectivity index (χ3n) is 6.53. The van der Waals surface area contributed by atoms with Gasteiger partial charge in [-0.25, -0.2) is 9.36 Å². The van der Waals surface area contributed by atoms with Crippen LogP contribution in [0, 0.1) is 13.8 Å². The van der Waals surface area contributed by atoms with E-state index in [1.165, 1.54) is 4.68 Å². The number of para-hydroxylation sites is 1. The van der Waals surface area contributed by atoms with Crippen LogP contribution in [-0.4, -0.2) is 81.1 Å². The maximum atomic E-state index is 13.3. The van der Waals surface area contributed by atoms with Crippen molar-refractivity contribution in [2.75, 3.05) is 45.8 Å². The Morgan fingerprint density at radius 2 is 1.73 bits per heavy atom. The van der Waals surface area contributed by atoms with E-state index in [0.717, 1.165) is 50.6 Å². The highest BCUT2D eigenvalue weighted by Crippen LogP contribution is 2.20. The van der Waals surface area contributed by atoms with E-state index in [9.17, 15) is 9.59 Å². The van der Waals surface area contributed by atoms with E-state index in [2.05, 4.69) is 32.2 Å². The van der Waals surface area contributed by atoms with Crippen molar-refractivity contribution in [2.45, 2.75) is 33.7 Å². The molecule has 1 atom stereocenters. The van der Waals surface area contributed by atoms with Crippen LogP contribution in [0.2, 0.25) is 0 Å². The standard InChI is InChI=1S/C24H33N7O2/c1-5-28-13-15-29(16-14-28)12-11-25-23(32)19(4)31-24(33)21-18(3)30(20-9-7-6-8-10-20)27-22(21)17(2)26-31/h6-10,19H,5,11-16H2,1-4H3,(H,25,32)/t19-/m0/s1. The molecule has 0 radical (unpaired) electrons. The third-order valence-corrected chi connectivity index (χ3v) is 6.53. The Morgan fingerprint density at radius 3 is 2.39 bits per heavy atom. The van der Waals surface area contributed by atoms with Gasteiger partial charge >= 0.3 is 0 Å². The summed E-state index contributed by atoms with van der Waals surface area (Å²) in [5.74, 6) is -0.205.